The lowest BCUT2D eigenvalue weighted by Crippen LogP contribution is -2.36. The van der Waals surface area contributed by atoms with Gasteiger partial charge in [-0.3, -0.25) is 15.1 Å². The first-order chi connectivity index (χ1) is 14.2. The zero-order valence-corrected chi connectivity index (χ0v) is 16.6. The first-order valence-corrected chi connectivity index (χ1v) is 9.42. The van der Waals surface area contributed by atoms with Crippen molar-refractivity contribution in [2.45, 2.75) is 19.9 Å². The van der Waals surface area contributed by atoms with Gasteiger partial charge < -0.3 is 10.1 Å². The molecule has 148 valence electrons. The topological polar surface area (TPSA) is 75.6 Å². The molecule has 0 aliphatic carbocycles. The molecule has 3 rings (SSSR count). The number of pyridine rings is 1. The van der Waals surface area contributed by atoms with E-state index >= 15 is 0 Å². The van der Waals surface area contributed by atoms with Crippen molar-refractivity contribution in [2.75, 3.05) is 12.4 Å². The molecule has 6 heteroatoms. The second-order valence-corrected chi connectivity index (χ2v) is 6.38. The Morgan fingerprint density at radius 3 is 2.48 bits per heavy atom. The molecule has 6 nitrogen and oxygen atoms in total. The number of methoxy groups -OCH3 is 1. The first kappa shape index (κ1) is 20.1. The molecule has 0 bridgehead atoms. The number of hydrogen-bond donors (Lipinski definition) is 2. The molecule has 0 fully saturated rings. The number of hydrogen-bond acceptors (Lipinski definition) is 4. The van der Waals surface area contributed by atoms with Crippen LogP contribution in [-0.2, 0) is 13.0 Å². The summed E-state index contributed by atoms with van der Waals surface area (Å²) in [5.41, 5.74) is 3.59. The van der Waals surface area contributed by atoms with E-state index in [1.807, 2.05) is 30.3 Å². The highest BCUT2D eigenvalue weighted by Crippen LogP contribution is 2.13. The van der Waals surface area contributed by atoms with Crippen molar-refractivity contribution in [1.82, 2.24) is 10.3 Å². The second kappa shape index (κ2) is 10.0. The third kappa shape index (κ3) is 5.90. The summed E-state index contributed by atoms with van der Waals surface area (Å²) in [6.45, 7) is 2.52. The third-order valence-corrected chi connectivity index (χ3v) is 4.35. The number of amides is 1. The Bertz CT molecular complexity index is 970. The minimum Gasteiger partial charge on any atom is -0.497 e. The summed E-state index contributed by atoms with van der Waals surface area (Å²) in [4.78, 5) is 21.3. The van der Waals surface area contributed by atoms with Crippen molar-refractivity contribution in [3.8, 4) is 5.75 Å². The van der Waals surface area contributed by atoms with Crippen LogP contribution in [0.25, 0.3) is 0 Å². The summed E-state index contributed by atoms with van der Waals surface area (Å²) >= 11 is 0. The van der Waals surface area contributed by atoms with Gasteiger partial charge >= 0.3 is 0 Å². The predicted octanol–water partition coefficient (Wildman–Crippen LogP) is 4.05. The molecule has 1 heterocycles. The average molecular weight is 388 g/mol. The van der Waals surface area contributed by atoms with Crippen molar-refractivity contribution in [1.29, 1.82) is 0 Å². The van der Waals surface area contributed by atoms with Crippen LogP contribution in [0.2, 0.25) is 0 Å². The van der Waals surface area contributed by atoms with Crippen molar-refractivity contribution >= 4 is 17.6 Å². The van der Waals surface area contributed by atoms with Crippen LogP contribution in [0.4, 0.5) is 5.69 Å². The van der Waals surface area contributed by atoms with Crippen LogP contribution >= 0.6 is 0 Å². The molecule has 3 aromatic rings. The average Bonchev–Trinajstić information content (AvgIpc) is 2.78. The highest BCUT2D eigenvalue weighted by molar-refractivity contribution is 6.10. The molecule has 0 radical (unpaired) electrons. The molecule has 2 aromatic carbocycles. The van der Waals surface area contributed by atoms with Gasteiger partial charge in [0.25, 0.3) is 5.91 Å². The predicted molar refractivity (Wildman–Crippen MR) is 115 cm³/mol. The van der Waals surface area contributed by atoms with Gasteiger partial charge in [-0.15, -0.1) is 0 Å². The lowest BCUT2D eigenvalue weighted by atomic mass is 10.1. The summed E-state index contributed by atoms with van der Waals surface area (Å²) < 4.78 is 5.15. The first-order valence-electron chi connectivity index (χ1n) is 9.42. The minimum absolute atomic E-state index is 0.250. The van der Waals surface area contributed by atoms with E-state index in [2.05, 4.69) is 33.6 Å². The monoisotopic (exact) mass is 388 g/mol. The molecule has 0 saturated heterocycles. The molecular weight excluding hydrogens is 364 g/mol. The fourth-order valence-corrected chi connectivity index (χ4v) is 2.70. The Labute approximate surface area is 170 Å². The molecule has 29 heavy (non-hydrogen) atoms. The van der Waals surface area contributed by atoms with Crippen LogP contribution < -0.4 is 15.4 Å². The van der Waals surface area contributed by atoms with Crippen LogP contribution in [0.3, 0.4) is 0 Å². The van der Waals surface area contributed by atoms with E-state index in [1.54, 1.807) is 43.8 Å². The van der Waals surface area contributed by atoms with E-state index in [-0.39, 0.29) is 5.91 Å². The van der Waals surface area contributed by atoms with Gasteiger partial charge in [-0.05, 0) is 66.1 Å². The van der Waals surface area contributed by atoms with Crippen molar-refractivity contribution in [3.63, 3.8) is 0 Å². The molecule has 0 saturated carbocycles. The normalized spacial score (nSPS) is 11.0. The molecule has 1 aromatic heterocycles. The van der Waals surface area contributed by atoms with Gasteiger partial charge in [0, 0.05) is 23.6 Å². The number of anilines is 1. The van der Waals surface area contributed by atoms with E-state index in [9.17, 15) is 4.79 Å². The summed E-state index contributed by atoms with van der Waals surface area (Å²) in [6.07, 6.45) is 4.37. The lowest BCUT2D eigenvalue weighted by molar-refractivity contribution is 0.0977. The number of aryl methyl sites for hydroxylation is 1. The molecule has 0 atom stereocenters. The maximum Gasteiger partial charge on any atom is 0.257 e. The highest BCUT2D eigenvalue weighted by atomic mass is 16.5. The fourth-order valence-electron chi connectivity index (χ4n) is 2.70. The maximum atomic E-state index is 12.7. The van der Waals surface area contributed by atoms with Crippen LogP contribution in [0, 0.1) is 0 Å². The van der Waals surface area contributed by atoms with Crippen molar-refractivity contribution in [2.24, 2.45) is 4.99 Å². The molecular formula is C23H24N4O2. The number of carbonyl (C=O) groups is 1. The Balaban J connectivity index is 1.79. The molecule has 1 amide bonds. The van der Waals surface area contributed by atoms with Gasteiger partial charge in [0.2, 0.25) is 5.96 Å². The van der Waals surface area contributed by atoms with Crippen LogP contribution in [0.5, 0.6) is 5.75 Å². The van der Waals surface area contributed by atoms with Gasteiger partial charge in [-0.2, -0.15) is 0 Å². The number of ether oxygens (including phenoxy) is 1. The maximum absolute atomic E-state index is 12.7. The van der Waals surface area contributed by atoms with Gasteiger partial charge in [0.1, 0.15) is 5.75 Å². The fraction of sp³-hybridized carbons (Fsp3) is 0.174. The van der Waals surface area contributed by atoms with Gasteiger partial charge in [-0.25, -0.2) is 4.99 Å². The van der Waals surface area contributed by atoms with E-state index in [0.717, 1.165) is 17.7 Å². The Morgan fingerprint density at radius 2 is 1.79 bits per heavy atom. The Kier molecular flexibility index (Phi) is 6.95. The third-order valence-electron chi connectivity index (χ3n) is 4.35. The summed E-state index contributed by atoms with van der Waals surface area (Å²) in [5, 5.41) is 6.10. The number of rotatable bonds is 6. The van der Waals surface area contributed by atoms with Crippen molar-refractivity contribution in [3.05, 3.63) is 89.7 Å². The quantitative estimate of drug-likeness (QED) is 0.493. The number of aliphatic imine (C=N–C) groups is 1. The number of aromatic nitrogens is 1. The zero-order chi connectivity index (χ0) is 20.5. The molecule has 0 aliphatic heterocycles. The summed E-state index contributed by atoms with van der Waals surface area (Å²) in [7, 11) is 1.59. The zero-order valence-electron chi connectivity index (χ0n) is 16.6. The summed E-state index contributed by atoms with van der Waals surface area (Å²) in [5.74, 6) is 0.832. The van der Waals surface area contributed by atoms with Crippen LogP contribution in [-0.4, -0.2) is 24.0 Å². The number of carbonyl (C=O) groups excluding carboxylic acids is 1. The van der Waals surface area contributed by atoms with Gasteiger partial charge in [-0.1, -0.05) is 19.1 Å². The molecule has 0 aliphatic rings. The number of guanidine groups is 1. The lowest BCUT2D eigenvalue weighted by Gasteiger charge is -2.13. The largest absolute Gasteiger partial charge is 0.497 e. The van der Waals surface area contributed by atoms with Crippen molar-refractivity contribution < 1.29 is 9.53 Å². The van der Waals surface area contributed by atoms with E-state index in [1.165, 1.54) is 5.56 Å². The number of benzene rings is 2. The van der Waals surface area contributed by atoms with E-state index < -0.39 is 0 Å². The molecule has 0 unspecified atom stereocenters. The number of nitrogens with zero attached hydrogens (tertiary/aromatic N) is 2. The summed E-state index contributed by atoms with van der Waals surface area (Å²) in [6, 6.07) is 18.7. The smallest absolute Gasteiger partial charge is 0.257 e. The SMILES string of the molecule is CCc1cccc(NC(=NCc2ccncc2)NC(=O)c2ccc(OC)cc2)c1. The van der Waals surface area contributed by atoms with Gasteiger partial charge in [0.15, 0.2) is 0 Å². The second-order valence-electron chi connectivity index (χ2n) is 6.38. The standard InChI is InChI=1S/C23H24N4O2/c1-3-17-5-4-6-20(15-17)26-23(25-16-18-11-13-24-14-12-18)27-22(28)19-7-9-21(29-2)10-8-19/h4-15H,3,16H2,1-2H3,(H2,25,26,27,28). The Hall–Kier alpha value is -3.67. The Morgan fingerprint density at radius 1 is 1.03 bits per heavy atom. The van der Waals surface area contributed by atoms with Crippen LogP contribution in [0.15, 0.2) is 78.0 Å². The van der Waals surface area contributed by atoms with E-state index in [4.69, 9.17) is 4.74 Å². The van der Waals surface area contributed by atoms with Gasteiger partial charge in [0.05, 0.1) is 13.7 Å². The number of nitrogens with one attached hydrogen (secondary N) is 2. The molecule has 2 N–H and O–H groups in total. The highest BCUT2D eigenvalue weighted by Gasteiger charge is 2.10. The molecule has 0 spiro atoms. The minimum atomic E-state index is -0.250. The van der Waals surface area contributed by atoms with Crippen LogP contribution in [0.1, 0.15) is 28.4 Å². The van der Waals surface area contributed by atoms with E-state index in [0.29, 0.717) is 23.8 Å².